The summed E-state index contributed by atoms with van der Waals surface area (Å²) in [6, 6.07) is 4.37. The van der Waals surface area contributed by atoms with Crippen molar-refractivity contribution in [1.82, 2.24) is 25.3 Å². The van der Waals surface area contributed by atoms with Gasteiger partial charge in [-0.1, -0.05) is 17.8 Å². The molecule has 3 rings (SSSR count). The molecule has 0 saturated carbocycles. The van der Waals surface area contributed by atoms with E-state index >= 15 is 0 Å². The van der Waals surface area contributed by atoms with Gasteiger partial charge >= 0.3 is 6.18 Å². The van der Waals surface area contributed by atoms with Gasteiger partial charge in [-0.25, -0.2) is 15.0 Å². The largest absolute Gasteiger partial charge is 0.433 e. The van der Waals surface area contributed by atoms with Crippen molar-refractivity contribution in [3.8, 4) is 10.6 Å². The summed E-state index contributed by atoms with van der Waals surface area (Å²) in [6.45, 7) is 3.09. The van der Waals surface area contributed by atoms with Crippen molar-refractivity contribution in [1.29, 1.82) is 0 Å². The molecule has 3 heterocycles. The third-order valence-electron chi connectivity index (χ3n) is 3.89. The van der Waals surface area contributed by atoms with Crippen molar-refractivity contribution in [3.05, 3.63) is 29.3 Å². The van der Waals surface area contributed by atoms with Crippen LogP contribution in [0.15, 0.2) is 28.7 Å². The van der Waals surface area contributed by atoms with E-state index in [2.05, 4.69) is 20.3 Å². The van der Waals surface area contributed by atoms with Crippen LogP contribution in [-0.2, 0) is 11.0 Å². The maximum atomic E-state index is 13.1. The maximum Gasteiger partial charge on any atom is 0.433 e. The lowest BCUT2D eigenvalue weighted by molar-refractivity contribution is -0.141. The van der Waals surface area contributed by atoms with Crippen LogP contribution in [0.5, 0.6) is 0 Å². The first-order chi connectivity index (χ1) is 12.8. The summed E-state index contributed by atoms with van der Waals surface area (Å²) >= 11 is 2.19. The van der Waals surface area contributed by atoms with Crippen molar-refractivity contribution >= 4 is 29.0 Å². The van der Waals surface area contributed by atoms with Gasteiger partial charge in [0.15, 0.2) is 5.16 Å². The Kier molecular flexibility index (Phi) is 6.35. The van der Waals surface area contributed by atoms with Gasteiger partial charge in [-0.15, -0.1) is 11.3 Å². The lowest BCUT2D eigenvalue weighted by atomic mass is 10.3. The highest BCUT2D eigenvalue weighted by atomic mass is 32.2. The highest BCUT2D eigenvalue weighted by Gasteiger charge is 2.34. The Bertz CT molecular complexity index is 777. The number of nitrogens with one attached hydrogen (secondary N) is 1. The first-order valence-electron chi connectivity index (χ1n) is 8.17. The minimum absolute atomic E-state index is 0.0580. The Balaban J connectivity index is 1.67. The third-order valence-corrected chi connectivity index (χ3v) is 5.63. The number of carbonyl (C=O) groups is 1. The monoisotopic (exact) mass is 417 g/mol. The van der Waals surface area contributed by atoms with Crippen LogP contribution in [0.4, 0.5) is 13.2 Å². The average Bonchev–Trinajstić information content (AvgIpc) is 3.16. The molecule has 2 aromatic rings. The lowest BCUT2D eigenvalue weighted by Crippen LogP contribution is -2.52. The molecule has 1 fully saturated rings. The van der Waals surface area contributed by atoms with E-state index in [-0.39, 0.29) is 22.5 Å². The maximum absolute atomic E-state index is 13.1. The molecule has 0 atom stereocenters. The number of thiophene rings is 1. The van der Waals surface area contributed by atoms with Crippen molar-refractivity contribution < 1.29 is 18.0 Å². The van der Waals surface area contributed by atoms with Crippen LogP contribution in [0.1, 0.15) is 5.69 Å². The fraction of sp³-hybridized carbons (Fsp3) is 0.438. The van der Waals surface area contributed by atoms with Crippen LogP contribution in [0.2, 0.25) is 0 Å². The molecule has 6 nitrogen and oxygen atoms in total. The van der Waals surface area contributed by atoms with Gasteiger partial charge < -0.3 is 4.90 Å². The summed E-state index contributed by atoms with van der Waals surface area (Å²) < 4.78 is 39.4. The van der Waals surface area contributed by atoms with Gasteiger partial charge in [0.25, 0.3) is 0 Å². The van der Waals surface area contributed by atoms with Crippen molar-refractivity contribution in [2.24, 2.45) is 0 Å². The molecule has 1 N–H and O–H groups in total. The molecule has 0 aromatic carbocycles. The molecule has 2 aromatic heterocycles. The molecule has 0 radical (unpaired) electrons. The van der Waals surface area contributed by atoms with Gasteiger partial charge in [0.05, 0.1) is 16.3 Å². The average molecular weight is 417 g/mol. The topological polar surface area (TPSA) is 61.4 Å². The molecule has 1 aliphatic heterocycles. The predicted molar refractivity (Wildman–Crippen MR) is 98.3 cm³/mol. The number of nitrogens with zero attached hydrogens (tertiary/aromatic N) is 4. The van der Waals surface area contributed by atoms with Crippen LogP contribution >= 0.6 is 23.1 Å². The summed E-state index contributed by atoms with van der Waals surface area (Å²) in [6.07, 6.45) is -4.58. The lowest BCUT2D eigenvalue weighted by Gasteiger charge is -2.32. The molecular weight excluding hydrogens is 399 g/mol. The summed E-state index contributed by atoms with van der Waals surface area (Å²) in [5.74, 6) is -0.347. The molecular formula is C16H18F3N5OS2. The SMILES string of the molecule is CN1CCN(NC(=O)CSc2nc(-c3cccs3)cc(C(F)(F)F)n2)CC1. The van der Waals surface area contributed by atoms with E-state index in [1.54, 1.807) is 17.5 Å². The van der Waals surface area contributed by atoms with Crippen LogP contribution < -0.4 is 5.43 Å². The Morgan fingerprint density at radius 3 is 2.67 bits per heavy atom. The molecule has 0 unspecified atom stereocenters. The van der Waals surface area contributed by atoms with Gasteiger partial charge in [-0.2, -0.15) is 13.2 Å². The number of amides is 1. The fourth-order valence-electron chi connectivity index (χ4n) is 2.44. The van der Waals surface area contributed by atoms with E-state index < -0.39 is 11.9 Å². The van der Waals surface area contributed by atoms with Gasteiger partial charge in [0, 0.05) is 26.2 Å². The molecule has 0 aliphatic carbocycles. The number of hydrogen-bond donors (Lipinski definition) is 1. The highest BCUT2D eigenvalue weighted by Crippen LogP contribution is 2.33. The van der Waals surface area contributed by atoms with Crippen molar-refractivity contribution in [2.45, 2.75) is 11.3 Å². The zero-order valence-corrected chi connectivity index (χ0v) is 16.1. The predicted octanol–water partition coefficient (Wildman–Crippen LogP) is 2.59. The van der Waals surface area contributed by atoms with E-state index in [1.165, 1.54) is 11.3 Å². The standard InChI is InChI=1S/C16H18F3N5OS2/c1-23-4-6-24(7-5-23)22-14(25)10-27-15-20-11(12-3-2-8-26-12)9-13(21-15)16(17,18)19/h2-3,8-9H,4-7,10H2,1H3,(H,22,25). The summed E-state index contributed by atoms with van der Waals surface area (Å²) in [7, 11) is 2.01. The van der Waals surface area contributed by atoms with Gasteiger partial charge in [0.1, 0.15) is 5.69 Å². The van der Waals surface area contributed by atoms with Crippen molar-refractivity contribution in [2.75, 3.05) is 39.0 Å². The molecule has 27 heavy (non-hydrogen) atoms. The minimum atomic E-state index is -4.58. The molecule has 1 aliphatic rings. The van der Waals surface area contributed by atoms with E-state index in [0.717, 1.165) is 30.9 Å². The molecule has 1 saturated heterocycles. The zero-order chi connectivity index (χ0) is 19.4. The number of carbonyl (C=O) groups excluding carboxylic acids is 1. The summed E-state index contributed by atoms with van der Waals surface area (Å²) in [5.41, 5.74) is 1.96. The normalized spacial score (nSPS) is 16.4. The number of alkyl halides is 3. The van der Waals surface area contributed by atoms with Gasteiger partial charge in [-0.05, 0) is 24.6 Å². The molecule has 1 amide bonds. The Morgan fingerprint density at radius 1 is 1.30 bits per heavy atom. The van der Waals surface area contributed by atoms with E-state index in [9.17, 15) is 18.0 Å². The minimum Gasteiger partial charge on any atom is -0.304 e. The first-order valence-corrected chi connectivity index (χ1v) is 10.0. The number of aromatic nitrogens is 2. The van der Waals surface area contributed by atoms with Crippen LogP contribution in [0.3, 0.4) is 0 Å². The first kappa shape index (κ1) is 20.1. The number of likely N-dealkylation sites (N-methyl/N-ethyl adjacent to an activating group) is 1. The Morgan fingerprint density at radius 2 is 2.04 bits per heavy atom. The van der Waals surface area contributed by atoms with Crippen LogP contribution in [0.25, 0.3) is 10.6 Å². The second kappa shape index (κ2) is 8.55. The number of hydrazine groups is 1. The van der Waals surface area contributed by atoms with E-state index in [4.69, 9.17) is 0 Å². The van der Waals surface area contributed by atoms with E-state index in [0.29, 0.717) is 18.0 Å². The Hall–Kier alpha value is -1.69. The van der Waals surface area contributed by atoms with Gasteiger partial charge in [-0.3, -0.25) is 10.2 Å². The number of thioether (sulfide) groups is 1. The molecule has 11 heteroatoms. The summed E-state index contributed by atoms with van der Waals surface area (Å²) in [5, 5.41) is 3.51. The summed E-state index contributed by atoms with van der Waals surface area (Å²) in [4.78, 5) is 22.6. The second-order valence-corrected chi connectivity index (χ2v) is 7.90. The smallest absolute Gasteiger partial charge is 0.304 e. The molecule has 0 spiro atoms. The second-order valence-electron chi connectivity index (χ2n) is 6.01. The van der Waals surface area contributed by atoms with E-state index in [1.807, 2.05) is 12.1 Å². The van der Waals surface area contributed by atoms with Crippen LogP contribution in [0, 0.1) is 0 Å². The quantitative estimate of drug-likeness (QED) is 0.596. The van der Waals surface area contributed by atoms with Gasteiger partial charge in [0.2, 0.25) is 5.91 Å². The fourth-order valence-corrected chi connectivity index (χ4v) is 3.78. The zero-order valence-electron chi connectivity index (χ0n) is 14.5. The number of piperazine rings is 1. The molecule has 146 valence electrons. The third kappa shape index (κ3) is 5.64. The number of halogens is 3. The number of rotatable bonds is 5. The highest BCUT2D eigenvalue weighted by molar-refractivity contribution is 7.99. The number of hydrogen-bond acceptors (Lipinski definition) is 7. The molecule has 0 bridgehead atoms. The Labute approximate surface area is 162 Å². The van der Waals surface area contributed by atoms with Crippen LogP contribution in [-0.4, -0.2) is 64.8 Å². The van der Waals surface area contributed by atoms with Crippen molar-refractivity contribution in [3.63, 3.8) is 0 Å².